The number of thiophene rings is 1. The molecule has 1 aromatic carbocycles. The van der Waals surface area contributed by atoms with Crippen molar-refractivity contribution in [3.05, 3.63) is 58.5 Å². The van der Waals surface area contributed by atoms with Gasteiger partial charge in [0.05, 0.1) is 12.5 Å². The summed E-state index contributed by atoms with van der Waals surface area (Å²) in [6.07, 6.45) is 4.26. The quantitative estimate of drug-likeness (QED) is 0.747. The molecule has 118 valence electrons. The zero-order chi connectivity index (χ0) is 16.2. The number of nitrogens with one attached hydrogen (secondary N) is 1. The topological polar surface area (TPSA) is 62.2 Å². The van der Waals surface area contributed by atoms with E-state index in [0.29, 0.717) is 6.42 Å². The predicted molar refractivity (Wildman–Crippen MR) is 93.6 cm³/mol. The van der Waals surface area contributed by atoms with Crippen molar-refractivity contribution in [2.75, 3.05) is 5.32 Å². The number of aliphatic hydroxyl groups is 1. The first kappa shape index (κ1) is 15.6. The van der Waals surface area contributed by atoms with Crippen LogP contribution in [0.4, 0.5) is 5.69 Å². The maximum absolute atomic E-state index is 12.6. The van der Waals surface area contributed by atoms with Gasteiger partial charge in [0.15, 0.2) is 0 Å². The van der Waals surface area contributed by atoms with Crippen LogP contribution in [0.3, 0.4) is 0 Å². The summed E-state index contributed by atoms with van der Waals surface area (Å²) < 4.78 is 0. The lowest BCUT2D eigenvalue weighted by Gasteiger charge is -2.14. The summed E-state index contributed by atoms with van der Waals surface area (Å²) >= 11 is 1.49. The molecule has 2 heterocycles. The van der Waals surface area contributed by atoms with Gasteiger partial charge in [0.2, 0.25) is 5.91 Å². The van der Waals surface area contributed by atoms with E-state index in [-0.39, 0.29) is 18.4 Å². The zero-order valence-corrected chi connectivity index (χ0v) is 13.6. The molecule has 0 bridgehead atoms. The Morgan fingerprint density at radius 3 is 2.87 bits per heavy atom. The van der Waals surface area contributed by atoms with Crippen molar-refractivity contribution in [2.24, 2.45) is 0 Å². The largest absolute Gasteiger partial charge is 0.391 e. The number of amides is 1. The predicted octanol–water partition coefficient (Wildman–Crippen LogP) is 3.92. The molecular formula is C18H18N2O2S. The number of benzene rings is 1. The number of carbonyl (C=O) groups is 1. The van der Waals surface area contributed by atoms with Crippen LogP contribution < -0.4 is 5.32 Å². The number of pyridine rings is 1. The average molecular weight is 326 g/mol. The molecule has 1 atom stereocenters. The molecule has 0 aliphatic heterocycles. The average Bonchev–Trinajstić information content (AvgIpc) is 3.04. The third-order valence-electron chi connectivity index (χ3n) is 3.81. The van der Waals surface area contributed by atoms with Crippen LogP contribution in [-0.2, 0) is 11.4 Å². The summed E-state index contributed by atoms with van der Waals surface area (Å²) in [5.74, 6) is -0.222. The number of fused-ring (bicyclic) bond motifs is 1. The van der Waals surface area contributed by atoms with Crippen molar-refractivity contribution in [1.82, 2.24) is 4.98 Å². The van der Waals surface area contributed by atoms with E-state index < -0.39 is 0 Å². The van der Waals surface area contributed by atoms with Gasteiger partial charge in [0, 0.05) is 33.2 Å². The fourth-order valence-electron chi connectivity index (χ4n) is 2.57. The molecule has 4 nitrogen and oxygen atoms in total. The molecule has 0 aliphatic carbocycles. The zero-order valence-electron chi connectivity index (χ0n) is 12.8. The monoisotopic (exact) mass is 326 g/mol. The lowest BCUT2D eigenvalue weighted by atomic mass is 10.0. The molecule has 5 heteroatoms. The third-order valence-corrected chi connectivity index (χ3v) is 5.00. The van der Waals surface area contributed by atoms with Crippen LogP contribution in [0.15, 0.2) is 48.8 Å². The van der Waals surface area contributed by atoms with Gasteiger partial charge in [-0.05, 0) is 42.1 Å². The Hall–Kier alpha value is -2.24. The van der Waals surface area contributed by atoms with Gasteiger partial charge in [-0.25, -0.2) is 0 Å². The Morgan fingerprint density at radius 2 is 2.13 bits per heavy atom. The van der Waals surface area contributed by atoms with Gasteiger partial charge in [-0.2, -0.15) is 0 Å². The number of rotatable bonds is 5. The molecule has 23 heavy (non-hydrogen) atoms. The van der Waals surface area contributed by atoms with Crippen LogP contribution in [0, 0.1) is 0 Å². The van der Waals surface area contributed by atoms with Gasteiger partial charge < -0.3 is 10.4 Å². The number of hydrogen-bond donors (Lipinski definition) is 2. The first-order valence-corrected chi connectivity index (χ1v) is 8.37. The number of hydrogen-bond acceptors (Lipinski definition) is 4. The van der Waals surface area contributed by atoms with Crippen LogP contribution in [0.25, 0.3) is 10.8 Å². The maximum Gasteiger partial charge on any atom is 0.232 e. The van der Waals surface area contributed by atoms with Crippen molar-refractivity contribution in [2.45, 2.75) is 25.9 Å². The molecule has 0 saturated carbocycles. The van der Waals surface area contributed by atoms with Crippen LogP contribution in [-0.4, -0.2) is 16.0 Å². The minimum atomic E-state index is -0.201. The molecular weight excluding hydrogens is 308 g/mol. The first-order chi connectivity index (χ1) is 11.2. The van der Waals surface area contributed by atoms with Crippen molar-refractivity contribution in [1.29, 1.82) is 0 Å². The van der Waals surface area contributed by atoms with Crippen LogP contribution in [0.5, 0.6) is 0 Å². The fraction of sp³-hybridized carbons (Fsp3) is 0.222. The minimum Gasteiger partial charge on any atom is -0.391 e. The second-order valence-electron chi connectivity index (χ2n) is 5.35. The highest BCUT2D eigenvalue weighted by molar-refractivity contribution is 7.12. The Morgan fingerprint density at radius 1 is 1.26 bits per heavy atom. The molecule has 2 aromatic heterocycles. The molecule has 1 unspecified atom stereocenters. The summed E-state index contributed by atoms with van der Waals surface area (Å²) in [6.45, 7) is 2.01. The molecule has 2 N–H and O–H groups in total. The number of aromatic nitrogens is 1. The summed E-state index contributed by atoms with van der Waals surface area (Å²) in [6, 6.07) is 11.5. The van der Waals surface area contributed by atoms with E-state index in [1.807, 2.05) is 43.3 Å². The van der Waals surface area contributed by atoms with E-state index in [1.54, 1.807) is 12.4 Å². The lowest BCUT2D eigenvalue weighted by Crippen LogP contribution is -2.19. The molecule has 0 saturated heterocycles. The van der Waals surface area contributed by atoms with E-state index in [0.717, 1.165) is 26.2 Å². The van der Waals surface area contributed by atoms with E-state index in [2.05, 4.69) is 10.3 Å². The number of anilines is 1. The lowest BCUT2D eigenvalue weighted by molar-refractivity contribution is -0.117. The summed E-state index contributed by atoms with van der Waals surface area (Å²) in [5.41, 5.74) is 0.783. The van der Waals surface area contributed by atoms with Crippen molar-refractivity contribution in [3.63, 3.8) is 0 Å². The van der Waals surface area contributed by atoms with E-state index in [9.17, 15) is 9.90 Å². The minimum absolute atomic E-state index is 0.0153. The van der Waals surface area contributed by atoms with Crippen molar-refractivity contribution >= 4 is 33.7 Å². The van der Waals surface area contributed by atoms with Crippen molar-refractivity contribution < 1.29 is 9.90 Å². The molecule has 3 aromatic rings. The highest BCUT2D eigenvalue weighted by atomic mass is 32.1. The molecule has 0 spiro atoms. The van der Waals surface area contributed by atoms with Gasteiger partial charge in [0.25, 0.3) is 0 Å². The van der Waals surface area contributed by atoms with Crippen LogP contribution >= 0.6 is 11.3 Å². The van der Waals surface area contributed by atoms with Crippen LogP contribution in [0.2, 0.25) is 0 Å². The van der Waals surface area contributed by atoms with E-state index >= 15 is 0 Å². The molecule has 0 aliphatic rings. The van der Waals surface area contributed by atoms with Gasteiger partial charge in [0.1, 0.15) is 0 Å². The Labute approximate surface area is 138 Å². The molecule has 0 radical (unpaired) electrons. The highest BCUT2D eigenvalue weighted by Gasteiger charge is 2.20. The second kappa shape index (κ2) is 6.89. The Bertz CT molecular complexity index is 829. The SMILES string of the molecule is CCC(C(=O)Nc1ccc2cnccc2c1)c1ccc(CO)s1. The van der Waals surface area contributed by atoms with Gasteiger partial charge in [-0.1, -0.05) is 13.0 Å². The highest BCUT2D eigenvalue weighted by Crippen LogP contribution is 2.29. The smallest absolute Gasteiger partial charge is 0.232 e. The maximum atomic E-state index is 12.6. The van der Waals surface area contributed by atoms with E-state index in [4.69, 9.17) is 0 Å². The summed E-state index contributed by atoms with van der Waals surface area (Å²) in [7, 11) is 0. The Balaban J connectivity index is 1.80. The number of aliphatic hydroxyl groups excluding tert-OH is 1. The molecule has 1 amide bonds. The molecule has 0 fully saturated rings. The van der Waals surface area contributed by atoms with Gasteiger partial charge in [-0.15, -0.1) is 11.3 Å². The summed E-state index contributed by atoms with van der Waals surface area (Å²) in [4.78, 5) is 18.6. The standard InChI is InChI=1S/C18H18N2O2S/c1-2-16(17-6-5-15(11-21)23-17)18(22)20-14-4-3-13-10-19-8-7-12(13)9-14/h3-10,16,21H,2,11H2,1H3,(H,20,22). The third kappa shape index (κ3) is 3.41. The van der Waals surface area contributed by atoms with Gasteiger partial charge in [-0.3, -0.25) is 9.78 Å². The first-order valence-electron chi connectivity index (χ1n) is 7.55. The number of nitrogens with zero attached hydrogens (tertiary/aromatic N) is 1. The second-order valence-corrected chi connectivity index (χ2v) is 6.55. The Kier molecular flexibility index (Phi) is 4.69. The van der Waals surface area contributed by atoms with Gasteiger partial charge >= 0.3 is 0 Å². The number of carbonyl (C=O) groups excluding carboxylic acids is 1. The summed E-state index contributed by atoms with van der Waals surface area (Å²) in [5, 5.41) is 14.3. The van der Waals surface area contributed by atoms with Crippen molar-refractivity contribution in [3.8, 4) is 0 Å². The normalized spacial score (nSPS) is 12.3. The van der Waals surface area contributed by atoms with Crippen LogP contribution in [0.1, 0.15) is 29.0 Å². The molecule has 3 rings (SSSR count). The fourth-order valence-corrected chi connectivity index (χ4v) is 3.63. The van der Waals surface area contributed by atoms with E-state index in [1.165, 1.54) is 11.3 Å².